The predicted octanol–water partition coefficient (Wildman–Crippen LogP) is 1.48. The molecular formula is C14H23NO3. The Morgan fingerprint density at radius 1 is 1.28 bits per heavy atom. The molecule has 0 spiro atoms. The minimum absolute atomic E-state index is 0.111. The van der Waals surface area contributed by atoms with Crippen molar-refractivity contribution in [2.45, 2.75) is 32.4 Å². The number of aliphatic hydroxyl groups is 2. The number of hydrogen-bond acceptors (Lipinski definition) is 4. The van der Waals surface area contributed by atoms with E-state index in [0.717, 1.165) is 13.0 Å². The van der Waals surface area contributed by atoms with Gasteiger partial charge in [0.1, 0.15) is 18.5 Å². The van der Waals surface area contributed by atoms with Gasteiger partial charge in [0.25, 0.3) is 0 Å². The first kappa shape index (κ1) is 15.0. The standard InChI is InChI=1S/C14H23NO3/c1-3-8-15-11(2)12-4-6-14(7-5-12)18-10-13(17)9-16/h4-7,11,13,15-17H,3,8-10H2,1-2H3. The van der Waals surface area contributed by atoms with Crippen molar-refractivity contribution in [1.29, 1.82) is 0 Å². The molecule has 1 rings (SSSR count). The van der Waals surface area contributed by atoms with Gasteiger partial charge < -0.3 is 20.3 Å². The highest BCUT2D eigenvalue weighted by atomic mass is 16.5. The summed E-state index contributed by atoms with van der Waals surface area (Å²) in [6, 6.07) is 8.09. The molecule has 2 atom stereocenters. The molecule has 18 heavy (non-hydrogen) atoms. The first-order chi connectivity index (χ1) is 8.67. The summed E-state index contributed by atoms with van der Waals surface area (Å²) in [5.41, 5.74) is 1.21. The van der Waals surface area contributed by atoms with Gasteiger partial charge in [-0.15, -0.1) is 0 Å². The third kappa shape index (κ3) is 5.04. The fraction of sp³-hybridized carbons (Fsp3) is 0.571. The van der Waals surface area contributed by atoms with E-state index in [2.05, 4.69) is 19.2 Å². The van der Waals surface area contributed by atoms with Crippen molar-refractivity contribution in [3.8, 4) is 5.75 Å². The summed E-state index contributed by atoms with van der Waals surface area (Å²) in [7, 11) is 0. The van der Waals surface area contributed by atoms with E-state index < -0.39 is 6.10 Å². The zero-order valence-electron chi connectivity index (χ0n) is 11.1. The van der Waals surface area contributed by atoms with Gasteiger partial charge in [0, 0.05) is 6.04 Å². The lowest BCUT2D eigenvalue weighted by Gasteiger charge is -2.15. The van der Waals surface area contributed by atoms with Crippen LogP contribution in [-0.4, -0.2) is 36.1 Å². The molecule has 0 aliphatic carbocycles. The van der Waals surface area contributed by atoms with Gasteiger partial charge in [0.2, 0.25) is 0 Å². The number of benzene rings is 1. The number of ether oxygens (including phenoxy) is 1. The average Bonchev–Trinajstić information content (AvgIpc) is 2.42. The molecule has 0 radical (unpaired) electrons. The second-order valence-electron chi connectivity index (χ2n) is 4.39. The Kier molecular flexibility index (Phi) is 6.72. The largest absolute Gasteiger partial charge is 0.491 e. The summed E-state index contributed by atoms with van der Waals surface area (Å²) in [6.07, 6.45) is 0.291. The van der Waals surface area contributed by atoms with Crippen LogP contribution in [0.15, 0.2) is 24.3 Å². The summed E-state index contributed by atoms with van der Waals surface area (Å²) in [4.78, 5) is 0. The molecule has 2 unspecified atom stereocenters. The molecule has 1 aromatic carbocycles. The van der Waals surface area contributed by atoms with E-state index in [1.165, 1.54) is 5.56 Å². The molecular weight excluding hydrogens is 230 g/mol. The maximum absolute atomic E-state index is 9.17. The van der Waals surface area contributed by atoms with E-state index in [1.807, 2.05) is 24.3 Å². The van der Waals surface area contributed by atoms with Gasteiger partial charge in [0.15, 0.2) is 0 Å². The van der Waals surface area contributed by atoms with Gasteiger partial charge >= 0.3 is 0 Å². The normalized spacial score (nSPS) is 14.2. The first-order valence-electron chi connectivity index (χ1n) is 6.42. The lowest BCUT2D eigenvalue weighted by Crippen LogP contribution is -2.21. The molecule has 0 amide bonds. The molecule has 1 aromatic rings. The highest BCUT2D eigenvalue weighted by Gasteiger charge is 2.05. The molecule has 0 saturated carbocycles. The SMILES string of the molecule is CCCNC(C)c1ccc(OCC(O)CO)cc1. The van der Waals surface area contributed by atoms with Gasteiger partial charge in [-0.3, -0.25) is 0 Å². The molecule has 102 valence electrons. The zero-order valence-corrected chi connectivity index (χ0v) is 11.1. The fourth-order valence-corrected chi connectivity index (χ4v) is 1.58. The van der Waals surface area contributed by atoms with Crippen LogP contribution in [0.3, 0.4) is 0 Å². The van der Waals surface area contributed by atoms with E-state index in [4.69, 9.17) is 9.84 Å². The van der Waals surface area contributed by atoms with Crippen molar-refractivity contribution in [3.63, 3.8) is 0 Å². The Hall–Kier alpha value is -1.10. The zero-order chi connectivity index (χ0) is 13.4. The predicted molar refractivity (Wildman–Crippen MR) is 71.7 cm³/mol. The molecule has 0 fully saturated rings. The average molecular weight is 253 g/mol. The molecule has 0 aliphatic heterocycles. The first-order valence-corrected chi connectivity index (χ1v) is 6.42. The Morgan fingerprint density at radius 2 is 1.94 bits per heavy atom. The van der Waals surface area contributed by atoms with E-state index in [-0.39, 0.29) is 13.2 Å². The molecule has 4 nitrogen and oxygen atoms in total. The summed E-state index contributed by atoms with van der Waals surface area (Å²) >= 11 is 0. The van der Waals surface area contributed by atoms with Crippen LogP contribution in [0, 0.1) is 0 Å². The van der Waals surface area contributed by atoms with E-state index in [9.17, 15) is 5.11 Å². The van der Waals surface area contributed by atoms with Crippen molar-refractivity contribution in [2.75, 3.05) is 19.8 Å². The smallest absolute Gasteiger partial charge is 0.119 e. The van der Waals surface area contributed by atoms with Crippen LogP contribution >= 0.6 is 0 Å². The highest BCUT2D eigenvalue weighted by molar-refractivity contribution is 5.28. The molecule has 0 saturated heterocycles. The van der Waals surface area contributed by atoms with Crippen LogP contribution in [0.1, 0.15) is 31.9 Å². The second kappa shape index (κ2) is 8.08. The third-order valence-corrected chi connectivity index (χ3v) is 2.73. The highest BCUT2D eigenvalue weighted by Crippen LogP contribution is 2.17. The summed E-state index contributed by atoms with van der Waals surface area (Å²) < 4.78 is 5.34. The van der Waals surface area contributed by atoms with E-state index in [0.29, 0.717) is 11.8 Å². The summed E-state index contributed by atoms with van der Waals surface area (Å²) in [6.45, 7) is 5.10. The second-order valence-corrected chi connectivity index (χ2v) is 4.39. The maximum atomic E-state index is 9.17. The molecule has 3 N–H and O–H groups in total. The Morgan fingerprint density at radius 3 is 2.50 bits per heavy atom. The van der Waals surface area contributed by atoms with Crippen LogP contribution < -0.4 is 10.1 Å². The van der Waals surface area contributed by atoms with Crippen LogP contribution in [0.5, 0.6) is 5.75 Å². The Balaban J connectivity index is 2.46. The van der Waals surface area contributed by atoms with Crippen LogP contribution in [0.4, 0.5) is 0 Å². The quantitative estimate of drug-likeness (QED) is 0.656. The Labute approximate surface area is 109 Å². The summed E-state index contributed by atoms with van der Waals surface area (Å²) in [5.74, 6) is 0.703. The van der Waals surface area contributed by atoms with Crippen LogP contribution in [0.2, 0.25) is 0 Å². The van der Waals surface area contributed by atoms with Crippen molar-refractivity contribution >= 4 is 0 Å². The van der Waals surface area contributed by atoms with Gasteiger partial charge in [-0.05, 0) is 37.6 Å². The third-order valence-electron chi connectivity index (χ3n) is 2.73. The van der Waals surface area contributed by atoms with Crippen molar-refractivity contribution in [1.82, 2.24) is 5.32 Å². The lowest BCUT2D eigenvalue weighted by molar-refractivity contribution is 0.0536. The molecule has 0 heterocycles. The molecule has 0 bridgehead atoms. The van der Waals surface area contributed by atoms with Crippen LogP contribution in [-0.2, 0) is 0 Å². The van der Waals surface area contributed by atoms with Crippen molar-refractivity contribution < 1.29 is 14.9 Å². The van der Waals surface area contributed by atoms with Crippen molar-refractivity contribution in [3.05, 3.63) is 29.8 Å². The van der Waals surface area contributed by atoms with E-state index >= 15 is 0 Å². The summed E-state index contributed by atoms with van der Waals surface area (Å²) in [5, 5.41) is 21.3. The topological polar surface area (TPSA) is 61.7 Å². The van der Waals surface area contributed by atoms with Gasteiger partial charge in [-0.1, -0.05) is 19.1 Å². The monoisotopic (exact) mass is 253 g/mol. The van der Waals surface area contributed by atoms with Gasteiger partial charge in [-0.25, -0.2) is 0 Å². The number of rotatable bonds is 8. The lowest BCUT2D eigenvalue weighted by atomic mass is 10.1. The minimum Gasteiger partial charge on any atom is -0.491 e. The minimum atomic E-state index is -0.824. The molecule has 4 heteroatoms. The van der Waals surface area contributed by atoms with Gasteiger partial charge in [-0.2, -0.15) is 0 Å². The van der Waals surface area contributed by atoms with Crippen molar-refractivity contribution in [2.24, 2.45) is 0 Å². The number of nitrogens with one attached hydrogen (secondary N) is 1. The number of hydrogen-bond donors (Lipinski definition) is 3. The number of aliphatic hydroxyl groups excluding tert-OH is 2. The van der Waals surface area contributed by atoms with Crippen LogP contribution in [0.25, 0.3) is 0 Å². The Bertz CT molecular complexity index is 326. The van der Waals surface area contributed by atoms with E-state index in [1.54, 1.807) is 0 Å². The fourth-order valence-electron chi connectivity index (χ4n) is 1.58. The van der Waals surface area contributed by atoms with Gasteiger partial charge in [0.05, 0.1) is 6.61 Å². The molecule has 0 aromatic heterocycles. The molecule has 0 aliphatic rings. The maximum Gasteiger partial charge on any atom is 0.119 e.